The molecular formula is C9H9ClN2O2. The summed E-state index contributed by atoms with van der Waals surface area (Å²) in [5.41, 5.74) is 6.14. The lowest BCUT2D eigenvalue weighted by atomic mass is 10.1. The maximum Gasteiger partial charge on any atom is 0.231 e. The van der Waals surface area contributed by atoms with Crippen LogP contribution in [0.4, 0.5) is 0 Å². The summed E-state index contributed by atoms with van der Waals surface area (Å²) in [5.74, 6) is 1.28. The summed E-state index contributed by atoms with van der Waals surface area (Å²) in [6, 6.07) is 3.52. The molecule has 0 radical (unpaired) electrons. The van der Waals surface area contributed by atoms with Crippen LogP contribution in [0, 0.1) is 5.41 Å². The lowest BCUT2D eigenvalue weighted by molar-refractivity contribution is 0.174. The number of amidine groups is 1. The second-order valence-electron chi connectivity index (χ2n) is 3.01. The first-order valence-electron chi connectivity index (χ1n) is 4.08. The van der Waals surface area contributed by atoms with Gasteiger partial charge in [0.1, 0.15) is 0 Å². The Morgan fingerprint density at radius 3 is 3.00 bits per heavy atom. The fourth-order valence-electron chi connectivity index (χ4n) is 1.34. The van der Waals surface area contributed by atoms with Gasteiger partial charge in [-0.15, -0.1) is 0 Å². The number of ether oxygens (including phenoxy) is 2. The lowest BCUT2D eigenvalue weighted by Gasteiger charge is -2.03. The van der Waals surface area contributed by atoms with E-state index in [9.17, 15) is 0 Å². The van der Waals surface area contributed by atoms with Gasteiger partial charge in [0.15, 0.2) is 11.5 Å². The van der Waals surface area contributed by atoms with Gasteiger partial charge in [0, 0.05) is 6.42 Å². The monoisotopic (exact) mass is 212 g/mol. The zero-order valence-corrected chi connectivity index (χ0v) is 8.10. The number of hydrogen-bond donors (Lipinski definition) is 2. The molecule has 14 heavy (non-hydrogen) atoms. The van der Waals surface area contributed by atoms with Crippen molar-refractivity contribution in [2.75, 3.05) is 6.79 Å². The highest BCUT2D eigenvalue weighted by atomic mass is 35.5. The smallest absolute Gasteiger partial charge is 0.231 e. The molecule has 0 bridgehead atoms. The molecule has 0 spiro atoms. The van der Waals surface area contributed by atoms with Crippen molar-refractivity contribution >= 4 is 17.4 Å². The van der Waals surface area contributed by atoms with E-state index in [4.69, 9.17) is 32.2 Å². The predicted octanol–water partition coefficient (Wildman–Crippen LogP) is 1.55. The molecule has 0 saturated carbocycles. The van der Waals surface area contributed by atoms with Gasteiger partial charge in [-0.05, 0) is 17.7 Å². The number of halogens is 1. The van der Waals surface area contributed by atoms with E-state index in [1.165, 1.54) is 0 Å². The van der Waals surface area contributed by atoms with Gasteiger partial charge in [-0.1, -0.05) is 11.6 Å². The third kappa shape index (κ3) is 1.61. The molecule has 5 heteroatoms. The third-order valence-corrected chi connectivity index (χ3v) is 2.16. The zero-order chi connectivity index (χ0) is 10.1. The van der Waals surface area contributed by atoms with Crippen LogP contribution in [0.2, 0.25) is 5.02 Å². The average Bonchev–Trinajstić information content (AvgIpc) is 2.50. The van der Waals surface area contributed by atoms with Crippen LogP contribution in [0.1, 0.15) is 5.56 Å². The second kappa shape index (κ2) is 3.38. The highest BCUT2D eigenvalue weighted by molar-refractivity contribution is 6.32. The summed E-state index contributed by atoms with van der Waals surface area (Å²) in [6.45, 7) is 0.193. The number of nitrogens with one attached hydrogen (secondary N) is 1. The molecule has 1 aromatic rings. The van der Waals surface area contributed by atoms with Crippen LogP contribution in [0.5, 0.6) is 11.5 Å². The number of benzene rings is 1. The Morgan fingerprint density at radius 1 is 1.50 bits per heavy atom. The molecule has 0 aromatic heterocycles. The zero-order valence-electron chi connectivity index (χ0n) is 7.34. The molecule has 1 aromatic carbocycles. The topological polar surface area (TPSA) is 68.3 Å². The first kappa shape index (κ1) is 9.15. The predicted molar refractivity (Wildman–Crippen MR) is 53.2 cm³/mol. The average molecular weight is 213 g/mol. The second-order valence-corrected chi connectivity index (χ2v) is 3.42. The Morgan fingerprint density at radius 2 is 2.29 bits per heavy atom. The van der Waals surface area contributed by atoms with Crippen molar-refractivity contribution in [2.24, 2.45) is 5.73 Å². The molecule has 4 nitrogen and oxygen atoms in total. The van der Waals surface area contributed by atoms with E-state index in [0.29, 0.717) is 22.9 Å². The van der Waals surface area contributed by atoms with E-state index < -0.39 is 0 Å². The van der Waals surface area contributed by atoms with Crippen LogP contribution < -0.4 is 15.2 Å². The van der Waals surface area contributed by atoms with Gasteiger partial charge in [0.05, 0.1) is 10.9 Å². The van der Waals surface area contributed by atoms with Crippen LogP contribution in [-0.2, 0) is 6.42 Å². The van der Waals surface area contributed by atoms with Gasteiger partial charge in [-0.3, -0.25) is 5.41 Å². The minimum absolute atomic E-state index is 0.0972. The molecule has 0 unspecified atom stereocenters. The maximum absolute atomic E-state index is 7.16. The highest BCUT2D eigenvalue weighted by Crippen LogP contribution is 2.39. The van der Waals surface area contributed by atoms with Crippen LogP contribution >= 0.6 is 11.6 Å². The quantitative estimate of drug-likeness (QED) is 0.577. The maximum atomic E-state index is 7.16. The standard InChI is InChI=1S/C9H9ClN2O2/c10-6-1-5(3-8(11)12)2-7-9(6)14-4-13-7/h1-2H,3-4H2,(H3,11,12). The molecule has 1 aliphatic rings. The third-order valence-electron chi connectivity index (χ3n) is 1.88. The molecule has 0 atom stereocenters. The SMILES string of the molecule is N=C(N)Cc1cc(Cl)c2c(c1)OCO2. The van der Waals surface area contributed by atoms with Gasteiger partial charge in [-0.25, -0.2) is 0 Å². The number of fused-ring (bicyclic) bond motifs is 1. The molecule has 0 fully saturated rings. The molecule has 0 amide bonds. The highest BCUT2D eigenvalue weighted by Gasteiger charge is 2.18. The molecular weight excluding hydrogens is 204 g/mol. The van der Waals surface area contributed by atoms with E-state index in [2.05, 4.69) is 0 Å². The van der Waals surface area contributed by atoms with Crippen molar-refractivity contribution in [3.63, 3.8) is 0 Å². The van der Waals surface area contributed by atoms with E-state index in [1.54, 1.807) is 12.1 Å². The van der Waals surface area contributed by atoms with Crippen molar-refractivity contribution in [2.45, 2.75) is 6.42 Å². The van der Waals surface area contributed by atoms with E-state index in [0.717, 1.165) is 5.56 Å². The summed E-state index contributed by atoms with van der Waals surface area (Å²) in [4.78, 5) is 0. The van der Waals surface area contributed by atoms with Gasteiger partial charge >= 0.3 is 0 Å². The molecule has 2 rings (SSSR count). The number of rotatable bonds is 2. The minimum Gasteiger partial charge on any atom is -0.454 e. The summed E-state index contributed by atoms with van der Waals surface area (Å²) in [5, 5.41) is 7.66. The van der Waals surface area contributed by atoms with E-state index in [1.807, 2.05) is 0 Å². The van der Waals surface area contributed by atoms with E-state index in [-0.39, 0.29) is 12.6 Å². The Kier molecular flexibility index (Phi) is 2.21. The molecule has 0 aliphatic carbocycles. The fourth-order valence-corrected chi connectivity index (χ4v) is 1.63. The molecule has 1 aliphatic heterocycles. The lowest BCUT2D eigenvalue weighted by Crippen LogP contribution is -2.12. The van der Waals surface area contributed by atoms with Gasteiger partial charge in [0.2, 0.25) is 6.79 Å². The van der Waals surface area contributed by atoms with Gasteiger partial charge in [0.25, 0.3) is 0 Å². The van der Waals surface area contributed by atoms with Crippen molar-refractivity contribution in [3.05, 3.63) is 22.7 Å². The van der Waals surface area contributed by atoms with Crippen molar-refractivity contribution in [1.82, 2.24) is 0 Å². The summed E-state index contributed by atoms with van der Waals surface area (Å²) < 4.78 is 10.3. The van der Waals surface area contributed by atoms with Crippen molar-refractivity contribution < 1.29 is 9.47 Å². The molecule has 1 heterocycles. The van der Waals surface area contributed by atoms with Gasteiger partial charge < -0.3 is 15.2 Å². The normalized spacial score (nSPS) is 12.9. The van der Waals surface area contributed by atoms with Crippen molar-refractivity contribution in [1.29, 1.82) is 5.41 Å². The Labute approximate surface area is 86.1 Å². The summed E-state index contributed by atoms with van der Waals surface area (Å²) >= 11 is 5.94. The number of hydrogen-bond acceptors (Lipinski definition) is 3. The molecule has 0 saturated heterocycles. The molecule has 74 valence electrons. The van der Waals surface area contributed by atoms with Crippen LogP contribution in [0.3, 0.4) is 0 Å². The Balaban J connectivity index is 2.36. The summed E-state index contributed by atoms with van der Waals surface area (Å²) in [7, 11) is 0. The van der Waals surface area contributed by atoms with E-state index >= 15 is 0 Å². The van der Waals surface area contributed by atoms with Crippen molar-refractivity contribution in [3.8, 4) is 11.5 Å². The Hall–Kier alpha value is -1.42. The van der Waals surface area contributed by atoms with Crippen LogP contribution in [-0.4, -0.2) is 12.6 Å². The van der Waals surface area contributed by atoms with Crippen LogP contribution in [0.25, 0.3) is 0 Å². The minimum atomic E-state index is 0.0972. The first-order chi connectivity index (χ1) is 6.66. The Bertz CT molecular complexity index is 393. The van der Waals surface area contributed by atoms with Crippen LogP contribution in [0.15, 0.2) is 12.1 Å². The summed E-state index contributed by atoms with van der Waals surface area (Å²) in [6.07, 6.45) is 0.371. The number of nitrogens with two attached hydrogens (primary N) is 1. The van der Waals surface area contributed by atoms with Gasteiger partial charge in [-0.2, -0.15) is 0 Å². The first-order valence-corrected chi connectivity index (χ1v) is 4.45. The fraction of sp³-hybridized carbons (Fsp3) is 0.222. The largest absolute Gasteiger partial charge is 0.454 e. The molecule has 3 N–H and O–H groups in total.